The van der Waals surface area contributed by atoms with E-state index < -0.39 is 0 Å². The lowest BCUT2D eigenvalue weighted by Crippen LogP contribution is -2.60. The SMILES string of the molecule is C[C@@H](NC(=O)C1(N(C)C)CCC1)c1noc(-c2ccccc2)n1. The van der Waals surface area contributed by atoms with Gasteiger partial charge in [-0.15, -0.1) is 0 Å². The molecule has 0 radical (unpaired) electrons. The smallest absolute Gasteiger partial charge is 0.257 e. The van der Waals surface area contributed by atoms with Gasteiger partial charge in [0.25, 0.3) is 5.89 Å². The van der Waals surface area contributed by atoms with Crippen LogP contribution >= 0.6 is 0 Å². The lowest BCUT2D eigenvalue weighted by atomic mass is 9.75. The van der Waals surface area contributed by atoms with Crippen molar-refractivity contribution in [2.45, 2.75) is 37.8 Å². The Kier molecular flexibility index (Phi) is 4.17. The van der Waals surface area contributed by atoms with Crippen molar-refractivity contribution in [2.24, 2.45) is 0 Å². The first-order valence-electron chi connectivity index (χ1n) is 7.90. The van der Waals surface area contributed by atoms with Gasteiger partial charge in [0.15, 0.2) is 5.82 Å². The first kappa shape index (κ1) is 15.7. The largest absolute Gasteiger partial charge is 0.345 e. The maximum absolute atomic E-state index is 12.6. The van der Waals surface area contributed by atoms with Crippen molar-refractivity contribution in [2.75, 3.05) is 14.1 Å². The quantitative estimate of drug-likeness (QED) is 0.917. The molecule has 0 saturated heterocycles. The highest BCUT2D eigenvalue weighted by Crippen LogP contribution is 2.36. The number of carbonyl (C=O) groups excluding carboxylic acids is 1. The molecule has 1 heterocycles. The van der Waals surface area contributed by atoms with Crippen LogP contribution in [-0.2, 0) is 4.79 Å². The first-order chi connectivity index (χ1) is 11.0. The molecule has 0 bridgehead atoms. The van der Waals surface area contributed by atoms with Crippen LogP contribution in [0, 0.1) is 0 Å². The van der Waals surface area contributed by atoms with Crippen molar-refractivity contribution in [3.05, 3.63) is 36.2 Å². The van der Waals surface area contributed by atoms with Gasteiger partial charge in [0, 0.05) is 5.56 Å². The lowest BCUT2D eigenvalue weighted by molar-refractivity contribution is -0.138. The zero-order valence-corrected chi connectivity index (χ0v) is 13.7. The normalized spacial score (nSPS) is 17.6. The maximum Gasteiger partial charge on any atom is 0.257 e. The van der Waals surface area contributed by atoms with Crippen LogP contribution in [-0.4, -0.2) is 40.6 Å². The lowest BCUT2D eigenvalue weighted by Gasteiger charge is -2.45. The van der Waals surface area contributed by atoms with Crippen molar-refractivity contribution in [1.29, 1.82) is 0 Å². The first-order valence-corrected chi connectivity index (χ1v) is 7.90. The molecule has 1 aliphatic rings. The number of aromatic nitrogens is 2. The summed E-state index contributed by atoms with van der Waals surface area (Å²) in [4.78, 5) is 19.0. The molecular formula is C17H22N4O2. The van der Waals surface area contributed by atoms with E-state index in [1.807, 2.05) is 56.3 Å². The van der Waals surface area contributed by atoms with Crippen molar-refractivity contribution >= 4 is 5.91 Å². The van der Waals surface area contributed by atoms with Crippen LogP contribution in [0.1, 0.15) is 38.1 Å². The van der Waals surface area contributed by atoms with Crippen LogP contribution < -0.4 is 5.32 Å². The molecule has 1 aliphatic carbocycles. The molecule has 3 rings (SSSR count). The molecule has 1 aromatic heterocycles. The fraction of sp³-hybridized carbons (Fsp3) is 0.471. The van der Waals surface area contributed by atoms with Crippen LogP contribution in [0.4, 0.5) is 0 Å². The molecule has 1 fully saturated rings. The number of nitrogens with zero attached hydrogens (tertiary/aromatic N) is 3. The Labute approximate surface area is 135 Å². The second-order valence-electron chi connectivity index (χ2n) is 6.30. The van der Waals surface area contributed by atoms with Crippen molar-refractivity contribution < 1.29 is 9.32 Å². The van der Waals surface area contributed by atoms with E-state index in [-0.39, 0.29) is 17.5 Å². The van der Waals surface area contributed by atoms with Gasteiger partial charge >= 0.3 is 0 Å². The highest BCUT2D eigenvalue weighted by molar-refractivity contribution is 5.87. The minimum Gasteiger partial charge on any atom is -0.345 e. The third-order valence-corrected chi connectivity index (χ3v) is 4.66. The Bertz CT molecular complexity index is 677. The number of benzene rings is 1. The van der Waals surface area contributed by atoms with Crippen LogP contribution in [0.25, 0.3) is 11.5 Å². The van der Waals surface area contributed by atoms with E-state index in [1.165, 1.54) is 0 Å². The topological polar surface area (TPSA) is 71.3 Å². The van der Waals surface area contributed by atoms with Gasteiger partial charge < -0.3 is 9.84 Å². The molecule has 122 valence electrons. The zero-order valence-electron chi connectivity index (χ0n) is 13.7. The summed E-state index contributed by atoms with van der Waals surface area (Å²) >= 11 is 0. The number of amides is 1. The molecule has 1 N–H and O–H groups in total. The fourth-order valence-corrected chi connectivity index (χ4v) is 2.89. The maximum atomic E-state index is 12.6. The molecule has 23 heavy (non-hydrogen) atoms. The number of carbonyl (C=O) groups is 1. The number of nitrogens with one attached hydrogen (secondary N) is 1. The molecule has 1 atom stereocenters. The molecule has 1 amide bonds. The summed E-state index contributed by atoms with van der Waals surface area (Å²) in [5.41, 5.74) is 0.480. The van der Waals surface area contributed by atoms with Crippen molar-refractivity contribution in [1.82, 2.24) is 20.4 Å². The van der Waals surface area contributed by atoms with E-state index in [0.717, 1.165) is 24.8 Å². The van der Waals surface area contributed by atoms with Crippen LogP contribution in [0.3, 0.4) is 0 Å². The number of hydrogen-bond donors (Lipinski definition) is 1. The Hall–Kier alpha value is -2.21. The van der Waals surface area contributed by atoms with Gasteiger partial charge in [0.2, 0.25) is 5.91 Å². The zero-order chi connectivity index (χ0) is 16.4. The van der Waals surface area contributed by atoms with E-state index in [9.17, 15) is 4.79 Å². The van der Waals surface area contributed by atoms with Gasteiger partial charge in [-0.25, -0.2) is 0 Å². The fourth-order valence-electron chi connectivity index (χ4n) is 2.89. The molecule has 1 aromatic carbocycles. The molecule has 0 aliphatic heterocycles. The predicted molar refractivity (Wildman–Crippen MR) is 86.6 cm³/mol. The summed E-state index contributed by atoms with van der Waals surface area (Å²) in [5, 5.41) is 7.02. The Morgan fingerprint density at radius 3 is 2.57 bits per heavy atom. The Morgan fingerprint density at radius 1 is 1.30 bits per heavy atom. The standard InChI is InChI=1S/C17H22N4O2/c1-12(18-16(22)17(21(2)3)10-7-11-17)14-19-15(23-20-14)13-8-5-4-6-9-13/h4-6,8-9,12H,7,10-11H2,1-3H3,(H,18,22)/t12-/m1/s1. The predicted octanol–water partition coefficient (Wildman–Crippen LogP) is 2.40. The van der Waals surface area contributed by atoms with Gasteiger partial charge in [0.1, 0.15) is 0 Å². The number of likely N-dealkylation sites (N-methyl/N-ethyl adjacent to an activating group) is 1. The highest BCUT2D eigenvalue weighted by Gasteiger charge is 2.46. The van der Waals surface area contributed by atoms with Gasteiger partial charge in [-0.2, -0.15) is 4.98 Å². The minimum atomic E-state index is -0.389. The van der Waals surface area contributed by atoms with Crippen LogP contribution in [0.15, 0.2) is 34.9 Å². The van der Waals surface area contributed by atoms with Crippen LogP contribution in [0.2, 0.25) is 0 Å². The molecule has 0 spiro atoms. The Morgan fingerprint density at radius 2 is 2.00 bits per heavy atom. The summed E-state index contributed by atoms with van der Waals surface area (Å²) in [5.74, 6) is 0.991. The van der Waals surface area contributed by atoms with Gasteiger partial charge in [-0.3, -0.25) is 9.69 Å². The third kappa shape index (κ3) is 2.86. The third-order valence-electron chi connectivity index (χ3n) is 4.66. The highest BCUT2D eigenvalue weighted by atomic mass is 16.5. The van der Waals surface area contributed by atoms with E-state index in [1.54, 1.807) is 0 Å². The molecule has 1 saturated carbocycles. The van der Waals surface area contributed by atoms with Crippen LogP contribution in [0.5, 0.6) is 0 Å². The van der Waals surface area contributed by atoms with E-state index in [4.69, 9.17) is 4.52 Å². The van der Waals surface area contributed by atoms with Gasteiger partial charge in [-0.05, 0) is 52.4 Å². The summed E-state index contributed by atoms with van der Waals surface area (Å²) in [7, 11) is 3.90. The van der Waals surface area contributed by atoms with Gasteiger partial charge in [-0.1, -0.05) is 23.4 Å². The second-order valence-corrected chi connectivity index (χ2v) is 6.30. The average molecular weight is 314 g/mol. The van der Waals surface area contributed by atoms with E-state index in [2.05, 4.69) is 15.5 Å². The molecule has 0 unspecified atom stereocenters. The monoisotopic (exact) mass is 314 g/mol. The molecular weight excluding hydrogens is 292 g/mol. The number of hydrogen-bond acceptors (Lipinski definition) is 5. The summed E-state index contributed by atoms with van der Waals surface area (Å²) in [6.45, 7) is 1.87. The summed E-state index contributed by atoms with van der Waals surface area (Å²) < 4.78 is 5.30. The second kappa shape index (κ2) is 6.12. The minimum absolute atomic E-state index is 0.0345. The Balaban J connectivity index is 1.71. The van der Waals surface area contributed by atoms with Gasteiger partial charge in [0.05, 0.1) is 11.6 Å². The number of rotatable bonds is 5. The molecule has 2 aromatic rings. The van der Waals surface area contributed by atoms with E-state index >= 15 is 0 Å². The van der Waals surface area contributed by atoms with Crippen molar-refractivity contribution in [3.8, 4) is 11.5 Å². The molecule has 6 nitrogen and oxygen atoms in total. The van der Waals surface area contributed by atoms with E-state index in [0.29, 0.717) is 11.7 Å². The van der Waals surface area contributed by atoms with Crippen molar-refractivity contribution in [3.63, 3.8) is 0 Å². The summed E-state index contributed by atoms with van der Waals surface area (Å²) in [6.07, 6.45) is 2.86. The molecule has 6 heteroatoms. The average Bonchev–Trinajstić information content (AvgIpc) is 2.96. The summed E-state index contributed by atoms with van der Waals surface area (Å²) in [6, 6.07) is 9.31.